The minimum atomic E-state index is -1.17. The number of hydrogen-bond donors (Lipinski definition) is 2. The molecule has 19 heavy (non-hydrogen) atoms. The van der Waals surface area contributed by atoms with Gasteiger partial charge in [0, 0.05) is 13.1 Å². The van der Waals surface area contributed by atoms with Crippen molar-refractivity contribution in [3.05, 3.63) is 29.6 Å². The van der Waals surface area contributed by atoms with Crippen molar-refractivity contribution in [3.63, 3.8) is 0 Å². The number of hydrogen-bond acceptors (Lipinski definition) is 4. The first-order valence-electron chi connectivity index (χ1n) is 6.11. The maximum absolute atomic E-state index is 12.2. The van der Waals surface area contributed by atoms with Gasteiger partial charge in [0.15, 0.2) is 0 Å². The minimum absolute atomic E-state index is 0.0950. The molecule has 1 aliphatic heterocycles. The van der Waals surface area contributed by atoms with E-state index in [1.165, 1.54) is 23.1 Å². The first-order chi connectivity index (χ1) is 8.89. The summed E-state index contributed by atoms with van der Waals surface area (Å²) in [7, 11) is 0. The van der Waals surface area contributed by atoms with Crippen molar-refractivity contribution in [2.45, 2.75) is 25.4 Å². The lowest BCUT2D eigenvalue weighted by atomic mass is 9.95. The smallest absolute Gasteiger partial charge is 0.354 e. The van der Waals surface area contributed by atoms with E-state index in [0.717, 1.165) is 6.42 Å². The molecule has 1 amide bonds. The molecule has 6 heteroatoms. The fourth-order valence-corrected chi connectivity index (χ4v) is 2.23. The number of carboxylic acids is 1. The number of rotatable bonds is 2. The van der Waals surface area contributed by atoms with E-state index >= 15 is 0 Å². The Bertz CT molecular complexity index is 513. The van der Waals surface area contributed by atoms with Crippen LogP contribution >= 0.6 is 0 Å². The molecule has 6 nitrogen and oxygen atoms in total. The zero-order valence-electron chi connectivity index (χ0n) is 10.7. The van der Waals surface area contributed by atoms with Gasteiger partial charge in [0.05, 0.1) is 5.60 Å². The monoisotopic (exact) mass is 264 g/mol. The highest BCUT2D eigenvalue weighted by molar-refractivity contribution is 5.94. The first-order valence-corrected chi connectivity index (χ1v) is 6.11. The second-order valence-electron chi connectivity index (χ2n) is 5.04. The van der Waals surface area contributed by atoms with Gasteiger partial charge in [0.25, 0.3) is 5.91 Å². The highest BCUT2D eigenvalue weighted by Gasteiger charge is 2.31. The molecule has 1 saturated heterocycles. The number of carboxylic acid groups (broad SMARTS) is 1. The molecule has 2 rings (SSSR count). The van der Waals surface area contributed by atoms with Crippen molar-refractivity contribution in [3.8, 4) is 0 Å². The van der Waals surface area contributed by atoms with Crippen LogP contribution in [0.5, 0.6) is 0 Å². The molecular formula is C13H16N2O4. The Hall–Kier alpha value is -1.95. The molecular weight excluding hydrogens is 248 g/mol. The fraction of sp³-hybridized carbons (Fsp3) is 0.462. The Kier molecular flexibility index (Phi) is 3.53. The number of nitrogens with zero attached hydrogens (tertiary/aromatic N) is 2. The van der Waals surface area contributed by atoms with Crippen LogP contribution in [-0.2, 0) is 0 Å². The van der Waals surface area contributed by atoms with Crippen molar-refractivity contribution in [2.24, 2.45) is 0 Å². The van der Waals surface area contributed by atoms with Crippen molar-refractivity contribution in [2.75, 3.05) is 13.1 Å². The molecule has 0 aliphatic carbocycles. The number of amides is 1. The summed E-state index contributed by atoms with van der Waals surface area (Å²) in [5.74, 6) is -1.51. The fourth-order valence-electron chi connectivity index (χ4n) is 2.23. The normalized spacial score (nSPS) is 23.2. The number of aromatic carboxylic acids is 1. The summed E-state index contributed by atoms with van der Waals surface area (Å²) in [6.07, 6.45) is 1.37. The molecule has 0 saturated carbocycles. The molecule has 1 atom stereocenters. The molecule has 2 heterocycles. The SMILES string of the molecule is CC1(O)CCCN(C(=O)c2cccc(C(=O)O)n2)C1. The lowest BCUT2D eigenvalue weighted by molar-refractivity contribution is -0.0109. The van der Waals surface area contributed by atoms with Crippen LogP contribution in [0.4, 0.5) is 0 Å². The Morgan fingerprint density at radius 1 is 1.37 bits per heavy atom. The Morgan fingerprint density at radius 2 is 2.05 bits per heavy atom. The van der Waals surface area contributed by atoms with Gasteiger partial charge >= 0.3 is 5.97 Å². The van der Waals surface area contributed by atoms with Crippen molar-refractivity contribution >= 4 is 11.9 Å². The number of β-amino-alcohol motifs (C(OH)–C–C–N with tert-alkyl or cyclic N) is 1. The van der Waals surface area contributed by atoms with Gasteiger partial charge in [-0.25, -0.2) is 9.78 Å². The average molecular weight is 264 g/mol. The summed E-state index contributed by atoms with van der Waals surface area (Å²) in [6.45, 7) is 2.48. The van der Waals surface area contributed by atoms with Gasteiger partial charge in [-0.05, 0) is 31.9 Å². The van der Waals surface area contributed by atoms with E-state index in [1.54, 1.807) is 6.92 Å². The van der Waals surface area contributed by atoms with Gasteiger partial charge in [-0.3, -0.25) is 4.79 Å². The van der Waals surface area contributed by atoms with Crippen LogP contribution in [0.2, 0.25) is 0 Å². The van der Waals surface area contributed by atoms with Crippen LogP contribution < -0.4 is 0 Å². The molecule has 0 spiro atoms. The standard InChI is InChI=1S/C13H16N2O4/c1-13(19)6-3-7-15(8-13)11(16)9-4-2-5-10(14-9)12(17)18/h2,4-5,19H,3,6-8H2,1H3,(H,17,18). The van der Waals surface area contributed by atoms with E-state index in [4.69, 9.17) is 5.11 Å². The zero-order chi connectivity index (χ0) is 14.0. The van der Waals surface area contributed by atoms with E-state index in [0.29, 0.717) is 13.0 Å². The van der Waals surface area contributed by atoms with Gasteiger partial charge in [-0.15, -0.1) is 0 Å². The summed E-state index contributed by atoms with van der Waals surface area (Å²) in [5.41, 5.74) is -0.953. The predicted molar refractivity (Wildman–Crippen MR) is 67.0 cm³/mol. The molecule has 0 bridgehead atoms. The summed E-state index contributed by atoms with van der Waals surface area (Å²) >= 11 is 0. The Balaban J connectivity index is 2.19. The van der Waals surface area contributed by atoms with Gasteiger partial charge in [-0.1, -0.05) is 6.07 Å². The minimum Gasteiger partial charge on any atom is -0.477 e. The molecule has 1 unspecified atom stereocenters. The highest BCUT2D eigenvalue weighted by atomic mass is 16.4. The number of aromatic nitrogens is 1. The van der Waals surface area contributed by atoms with Crippen LogP contribution in [-0.4, -0.2) is 50.7 Å². The second kappa shape index (κ2) is 4.97. The van der Waals surface area contributed by atoms with Crippen LogP contribution in [0.15, 0.2) is 18.2 Å². The third kappa shape index (κ3) is 3.08. The largest absolute Gasteiger partial charge is 0.477 e. The number of piperidine rings is 1. The Labute approximate surface area is 110 Å². The average Bonchev–Trinajstić information content (AvgIpc) is 2.37. The van der Waals surface area contributed by atoms with E-state index in [9.17, 15) is 14.7 Å². The molecule has 1 aliphatic rings. The molecule has 0 aromatic carbocycles. The quantitative estimate of drug-likeness (QED) is 0.823. The van der Waals surface area contributed by atoms with Crippen LogP contribution in [0.3, 0.4) is 0 Å². The summed E-state index contributed by atoms with van der Waals surface area (Å²) in [6, 6.07) is 4.31. The third-order valence-corrected chi connectivity index (χ3v) is 3.15. The van der Waals surface area contributed by atoms with E-state index in [1.807, 2.05) is 0 Å². The first kappa shape index (κ1) is 13.5. The van der Waals surface area contributed by atoms with Crippen molar-refractivity contribution < 1.29 is 19.8 Å². The second-order valence-corrected chi connectivity index (χ2v) is 5.04. The van der Waals surface area contributed by atoms with Gasteiger partial charge in [0.2, 0.25) is 0 Å². The molecule has 2 N–H and O–H groups in total. The van der Waals surface area contributed by atoms with Crippen LogP contribution in [0.1, 0.15) is 40.7 Å². The topological polar surface area (TPSA) is 90.7 Å². The summed E-state index contributed by atoms with van der Waals surface area (Å²) < 4.78 is 0. The van der Waals surface area contributed by atoms with Crippen LogP contribution in [0, 0.1) is 0 Å². The zero-order valence-corrected chi connectivity index (χ0v) is 10.7. The van der Waals surface area contributed by atoms with E-state index < -0.39 is 11.6 Å². The molecule has 0 radical (unpaired) electrons. The lowest BCUT2D eigenvalue weighted by Gasteiger charge is -2.36. The maximum atomic E-state index is 12.2. The van der Waals surface area contributed by atoms with Crippen molar-refractivity contribution in [1.29, 1.82) is 0 Å². The van der Waals surface area contributed by atoms with Crippen LogP contribution in [0.25, 0.3) is 0 Å². The number of likely N-dealkylation sites (tertiary alicyclic amines) is 1. The Morgan fingerprint density at radius 3 is 2.68 bits per heavy atom. The number of carbonyl (C=O) groups is 2. The van der Waals surface area contributed by atoms with E-state index in [-0.39, 0.29) is 23.8 Å². The molecule has 102 valence electrons. The van der Waals surface area contributed by atoms with Gasteiger partial charge < -0.3 is 15.1 Å². The molecule has 1 aromatic heterocycles. The number of aliphatic hydroxyl groups is 1. The lowest BCUT2D eigenvalue weighted by Crippen LogP contribution is -2.48. The molecule has 1 aromatic rings. The summed E-state index contributed by atoms with van der Waals surface area (Å²) in [4.78, 5) is 28.4. The summed E-state index contributed by atoms with van der Waals surface area (Å²) in [5, 5.41) is 18.8. The van der Waals surface area contributed by atoms with Gasteiger partial charge in [0.1, 0.15) is 11.4 Å². The maximum Gasteiger partial charge on any atom is 0.354 e. The van der Waals surface area contributed by atoms with E-state index in [2.05, 4.69) is 4.98 Å². The number of carbonyl (C=O) groups excluding carboxylic acids is 1. The molecule has 1 fully saturated rings. The van der Waals surface area contributed by atoms with Crippen molar-refractivity contribution in [1.82, 2.24) is 9.88 Å². The third-order valence-electron chi connectivity index (χ3n) is 3.15. The van der Waals surface area contributed by atoms with Gasteiger partial charge in [-0.2, -0.15) is 0 Å². The number of pyridine rings is 1. The highest BCUT2D eigenvalue weighted by Crippen LogP contribution is 2.21. The predicted octanol–water partition coefficient (Wildman–Crippen LogP) is 0.767.